The molecule has 0 radical (unpaired) electrons. The first-order valence-corrected chi connectivity index (χ1v) is 5.66. The average molecular weight is 250 g/mol. The van der Waals surface area contributed by atoms with E-state index in [1.807, 2.05) is 19.1 Å². The largest absolute Gasteiger partial charge is 0.481 e. The molecular weight excluding hydrogens is 238 g/mol. The van der Waals surface area contributed by atoms with Crippen LogP contribution in [0.15, 0.2) is 24.3 Å². The summed E-state index contributed by atoms with van der Waals surface area (Å²) in [5.41, 5.74) is 2.34. The average Bonchev–Trinajstić information content (AvgIpc) is 2.28. The summed E-state index contributed by atoms with van der Waals surface area (Å²) in [5, 5.41) is 10.6. The molecule has 1 unspecified atom stereocenters. The summed E-state index contributed by atoms with van der Waals surface area (Å²) in [5.74, 6) is -1.47. The van der Waals surface area contributed by atoms with E-state index < -0.39 is 11.9 Å². The van der Waals surface area contributed by atoms with Crippen LogP contribution in [-0.4, -0.2) is 16.1 Å². The van der Waals surface area contributed by atoms with Gasteiger partial charge in [0.15, 0.2) is 0 Å². The molecule has 1 aromatic carbocycles. The van der Waals surface area contributed by atoms with Gasteiger partial charge in [-0.2, -0.15) is 0 Å². The number of aromatic nitrogens is 1. The Hall–Kier alpha value is -1.61. The third-order valence-electron chi connectivity index (χ3n) is 2.81. The molecule has 0 aliphatic heterocycles. The number of rotatable bonds is 2. The van der Waals surface area contributed by atoms with Crippen LogP contribution in [0.25, 0.3) is 10.9 Å². The molecule has 17 heavy (non-hydrogen) atoms. The van der Waals surface area contributed by atoms with Crippen LogP contribution in [0.5, 0.6) is 0 Å². The van der Waals surface area contributed by atoms with Gasteiger partial charge in [-0.1, -0.05) is 11.6 Å². The maximum absolute atomic E-state index is 10.9. The second-order valence-electron chi connectivity index (χ2n) is 4.09. The lowest BCUT2D eigenvalue weighted by Gasteiger charge is -2.09. The van der Waals surface area contributed by atoms with Gasteiger partial charge in [0, 0.05) is 10.4 Å². The summed E-state index contributed by atoms with van der Waals surface area (Å²) < 4.78 is 0. The molecule has 1 N–H and O–H groups in total. The van der Waals surface area contributed by atoms with Gasteiger partial charge in [-0.15, -0.1) is 0 Å². The van der Waals surface area contributed by atoms with Crippen LogP contribution in [0.3, 0.4) is 0 Å². The summed E-state index contributed by atoms with van der Waals surface area (Å²) in [4.78, 5) is 15.3. The Bertz CT molecular complexity index is 595. The van der Waals surface area contributed by atoms with Crippen molar-refractivity contribution < 1.29 is 9.90 Å². The van der Waals surface area contributed by atoms with Crippen molar-refractivity contribution in [3.63, 3.8) is 0 Å². The number of aryl methyl sites for hydroxylation is 1. The summed E-state index contributed by atoms with van der Waals surface area (Å²) >= 11 is 5.92. The first kappa shape index (κ1) is 11.9. The molecule has 0 saturated carbocycles. The molecule has 0 aliphatic rings. The number of carbonyl (C=O) groups is 1. The fraction of sp³-hybridized carbons (Fsp3) is 0.231. The molecule has 3 nitrogen and oxygen atoms in total. The van der Waals surface area contributed by atoms with E-state index in [9.17, 15) is 4.79 Å². The van der Waals surface area contributed by atoms with Crippen LogP contribution < -0.4 is 0 Å². The summed E-state index contributed by atoms with van der Waals surface area (Å²) in [6.07, 6.45) is 0. The first-order chi connectivity index (χ1) is 7.99. The van der Waals surface area contributed by atoms with E-state index in [0.717, 1.165) is 16.5 Å². The van der Waals surface area contributed by atoms with Crippen LogP contribution in [0, 0.1) is 6.92 Å². The van der Waals surface area contributed by atoms with E-state index in [2.05, 4.69) is 4.98 Å². The lowest BCUT2D eigenvalue weighted by molar-refractivity contribution is -0.138. The standard InChI is InChI=1S/C13H12ClNO2/c1-7-5-12(8(2)13(16)17)15-11-4-3-9(14)6-10(7)11/h3-6,8H,1-2H3,(H,16,17). The fourth-order valence-corrected chi connectivity index (χ4v) is 1.91. The molecule has 2 rings (SSSR count). The van der Waals surface area contributed by atoms with E-state index >= 15 is 0 Å². The Balaban J connectivity index is 2.63. The van der Waals surface area contributed by atoms with Crippen LogP contribution in [0.2, 0.25) is 5.02 Å². The Morgan fingerprint density at radius 1 is 1.41 bits per heavy atom. The van der Waals surface area contributed by atoms with Gasteiger partial charge in [0.1, 0.15) is 0 Å². The smallest absolute Gasteiger partial charge is 0.312 e. The molecule has 0 fully saturated rings. The molecule has 1 atom stereocenters. The quantitative estimate of drug-likeness (QED) is 0.888. The van der Waals surface area contributed by atoms with E-state index in [4.69, 9.17) is 16.7 Å². The fourth-order valence-electron chi connectivity index (χ4n) is 1.74. The van der Waals surface area contributed by atoms with Crippen LogP contribution in [-0.2, 0) is 4.79 Å². The molecular formula is C13H12ClNO2. The van der Waals surface area contributed by atoms with Gasteiger partial charge in [0.2, 0.25) is 0 Å². The number of aliphatic carboxylic acids is 1. The lowest BCUT2D eigenvalue weighted by atomic mass is 10.0. The SMILES string of the molecule is Cc1cc(C(C)C(=O)O)nc2ccc(Cl)cc12. The number of carboxylic acids is 1. The topological polar surface area (TPSA) is 50.2 Å². The Labute approximate surface area is 104 Å². The minimum Gasteiger partial charge on any atom is -0.481 e. The normalized spacial score (nSPS) is 12.6. The summed E-state index contributed by atoms with van der Waals surface area (Å²) in [6, 6.07) is 7.21. The minimum atomic E-state index is -0.870. The molecule has 1 aromatic heterocycles. The number of halogens is 1. The highest BCUT2D eigenvalue weighted by Crippen LogP contribution is 2.24. The van der Waals surface area contributed by atoms with Gasteiger partial charge in [0.05, 0.1) is 17.1 Å². The van der Waals surface area contributed by atoms with E-state index in [1.54, 1.807) is 19.1 Å². The van der Waals surface area contributed by atoms with E-state index in [-0.39, 0.29) is 0 Å². The highest BCUT2D eigenvalue weighted by atomic mass is 35.5. The van der Waals surface area contributed by atoms with Crippen molar-refractivity contribution >= 4 is 28.5 Å². The predicted molar refractivity (Wildman–Crippen MR) is 67.5 cm³/mol. The molecule has 1 heterocycles. The molecule has 0 amide bonds. The highest BCUT2D eigenvalue weighted by molar-refractivity contribution is 6.31. The number of hydrogen-bond acceptors (Lipinski definition) is 2. The molecule has 0 spiro atoms. The first-order valence-electron chi connectivity index (χ1n) is 5.28. The zero-order chi connectivity index (χ0) is 12.6. The van der Waals surface area contributed by atoms with Gasteiger partial charge < -0.3 is 5.11 Å². The Morgan fingerprint density at radius 2 is 2.12 bits per heavy atom. The van der Waals surface area contributed by atoms with E-state index in [0.29, 0.717) is 10.7 Å². The molecule has 88 valence electrons. The highest BCUT2D eigenvalue weighted by Gasteiger charge is 2.16. The number of hydrogen-bond donors (Lipinski definition) is 1. The van der Waals surface area contributed by atoms with Crippen LogP contribution in [0.1, 0.15) is 24.1 Å². The monoisotopic (exact) mass is 249 g/mol. The second kappa shape index (κ2) is 4.34. The lowest BCUT2D eigenvalue weighted by Crippen LogP contribution is -2.09. The van der Waals surface area contributed by atoms with Crippen molar-refractivity contribution in [1.82, 2.24) is 4.98 Å². The van der Waals surface area contributed by atoms with E-state index in [1.165, 1.54) is 0 Å². The molecule has 2 aromatic rings. The van der Waals surface area contributed by atoms with Crippen molar-refractivity contribution in [3.8, 4) is 0 Å². The number of nitrogens with zero attached hydrogens (tertiary/aromatic N) is 1. The third-order valence-corrected chi connectivity index (χ3v) is 3.05. The van der Waals surface area contributed by atoms with Crippen molar-refractivity contribution in [2.45, 2.75) is 19.8 Å². The van der Waals surface area contributed by atoms with Crippen LogP contribution in [0.4, 0.5) is 0 Å². The van der Waals surface area contributed by atoms with Gasteiger partial charge in [-0.25, -0.2) is 0 Å². The maximum atomic E-state index is 10.9. The molecule has 0 bridgehead atoms. The zero-order valence-corrected chi connectivity index (χ0v) is 10.3. The third kappa shape index (κ3) is 2.24. The predicted octanol–water partition coefficient (Wildman–Crippen LogP) is 3.38. The van der Waals surface area contributed by atoms with Gasteiger partial charge >= 0.3 is 5.97 Å². The minimum absolute atomic E-state index is 0.574. The number of carboxylic acid groups (broad SMARTS) is 1. The Morgan fingerprint density at radius 3 is 2.76 bits per heavy atom. The number of fused-ring (bicyclic) bond motifs is 1. The van der Waals surface area contributed by atoms with Crippen molar-refractivity contribution in [1.29, 1.82) is 0 Å². The number of benzene rings is 1. The van der Waals surface area contributed by atoms with Crippen molar-refractivity contribution in [2.24, 2.45) is 0 Å². The molecule has 0 aliphatic carbocycles. The zero-order valence-electron chi connectivity index (χ0n) is 9.57. The maximum Gasteiger partial charge on any atom is 0.312 e. The summed E-state index contributed by atoms with van der Waals surface area (Å²) in [6.45, 7) is 3.56. The number of pyridine rings is 1. The van der Waals surface area contributed by atoms with Gasteiger partial charge in [-0.05, 0) is 43.7 Å². The molecule has 0 saturated heterocycles. The van der Waals surface area contributed by atoms with Crippen molar-refractivity contribution in [2.75, 3.05) is 0 Å². The molecule has 4 heteroatoms. The Kier molecular flexibility index (Phi) is 3.03. The van der Waals surface area contributed by atoms with Gasteiger partial charge in [0.25, 0.3) is 0 Å². The van der Waals surface area contributed by atoms with Crippen molar-refractivity contribution in [3.05, 3.63) is 40.5 Å². The summed E-state index contributed by atoms with van der Waals surface area (Å²) in [7, 11) is 0. The van der Waals surface area contributed by atoms with Crippen LogP contribution >= 0.6 is 11.6 Å². The second-order valence-corrected chi connectivity index (χ2v) is 4.52. The van der Waals surface area contributed by atoms with Gasteiger partial charge in [-0.3, -0.25) is 9.78 Å².